The van der Waals surface area contributed by atoms with Crippen molar-refractivity contribution in [3.63, 3.8) is 0 Å². The monoisotopic (exact) mass is 356 g/mol. The first-order valence-corrected chi connectivity index (χ1v) is 8.66. The van der Waals surface area contributed by atoms with Crippen molar-refractivity contribution in [1.29, 1.82) is 0 Å². The summed E-state index contributed by atoms with van der Waals surface area (Å²) in [5.41, 5.74) is 1.68. The summed E-state index contributed by atoms with van der Waals surface area (Å²) in [5.74, 6) is 1.40. The zero-order chi connectivity index (χ0) is 17.8. The minimum absolute atomic E-state index is 0.0762. The van der Waals surface area contributed by atoms with Gasteiger partial charge in [-0.3, -0.25) is 10.1 Å². The van der Waals surface area contributed by atoms with E-state index in [1.54, 1.807) is 30.3 Å². The number of aromatic nitrogens is 3. The largest absolute Gasteiger partial charge is 0.507 e. The Kier molecular flexibility index (Phi) is 4.99. The van der Waals surface area contributed by atoms with Crippen LogP contribution in [0, 0.1) is 10.1 Å². The van der Waals surface area contributed by atoms with Gasteiger partial charge in [0.25, 0.3) is 5.69 Å². The number of hydrogen-bond acceptors (Lipinski definition) is 6. The summed E-state index contributed by atoms with van der Waals surface area (Å²) in [6, 6.07) is 13.5. The average Bonchev–Trinajstić information content (AvgIpc) is 3.03. The van der Waals surface area contributed by atoms with Crippen LogP contribution in [-0.4, -0.2) is 24.8 Å². The Hall–Kier alpha value is -2.87. The van der Waals surface area contributed by atoms with Crippen LogP contribution in [0.2, 0.25) is 0 Å². The second-order valence-corrected chi connectivity index (χ2v) is 6.22. The van der Waals surface area contributed by atoms with Gasteiger partial charge in [-0.25, -0.2) is 0 Å². The number of nitro benzene ring substituents is 1. The maximum absolute atomic E-state index is 10.7. The first kappa shape index (κ1) is 17.0. The van der Waals surface area contributed by atoms with Gasteiger partial charge in [-0.15, -0.1) is 10.2 Å². The number of non-ortho nitro benzene ring substituents is 1. The van der Waals surface area contributed by atoms with E-state index in [0.717, 1.165) is 10.7 Å². The maximum atomic E-state index is 10.7. The molecule has 0 amide bonds. The molecule has 3 rings (SSSR count). The Balaban J connectivity index is 1.79. The van der Waals surface area contributed by atoms with Gasteiger partial charge in [-0.1, -0.05) is 36.0 Å². The molecule has 0 fully saturated rings. The van der Waals surface area contributed by atoms with Gasteiger partial charge in [0.2, 0.25) is 0 Å². The molecule has 3 aromatic rings. The summed E-state index contributed by atoms with van der Waals surface area (Å²) >= 11 is 1.50. The number of rotatable bonds is 6. The molecule has 8 heteroatoms. The molecule has 0 saturated carbocycles. The summed E-state index contributed by atoms with van der Waals surface area (Å²) in [5, 5.41) is 29.9. The fourth-order valence-electron chi connectivity index (χ4n) is 2.40. The van der Waals surface area contributed by atoms with Crippen molar-refractivity contribution < 1.29 is 10.0 Å². The quantitative estimate of drug-likeness (QED) is 0.409. The molecule has 1 heterocycles. The third-order valence-electron chi connectivity index (χ3n) is 3.69. The van der Waals surface area contributed by atoms with Crippen LogP contribution in [-0.2, 0) is 12.3 Å². The molecule has 0 atom stereocenters. The molecule has 0 saturated heterocycles. The lowest BCUT2D eigenvalue weighted by atomic mass is 10.2. The van der Waals surface area contributed by atoms with E-state index in [2.05, 4.69) is 10.2 Å². The van der Waals surface area contributed by atoms with Crippen molar-refractivity contribution in [3.05, 3.63) is 64.2 Å². The van der Waals surface area contributed by atoms with Gasteiger partial charge in [0.05, 0.1) is 10.5 Å². The molecule has 0 radical (unpaired) electrons. The van der Waals surface area contributed by atoms with Crippen LogP contribution >= 0.6 is 11.8 Å². The van der Waals surface area contributed by atoms with Crippen LogP contribution < -0.4 is 0 Å². The van der Waals surface area contributed by atoms with E-state index in [9.17, 15) is 15.2 Å². The molecule has 0 spiro atoms. The summed E-state index contributed by atoms with van der Waals surface area (Å²) in [6.45, 7) is 2.65. The highest BCUT2D eigenvalue weighted by Gasteiger charge is 2.16. The SMILES string of the molecule is CCn1c(SCc2ccc([N+](=O)[O-])cc2)nnc1-c1ccccc1O. The van der Waals surface area contributed by atoms with Crippen LogP contribution in [0.1, 0.15) is 12.5 Å². The molecule has 2 aromatic carbocycles. The van der Waals surface area contributed by atoms with E-state index in [-0.39, 0.29) is 11.4 Å². The number of nitrogens with zero attached hydrogens (tertiary/aromatic N) is 4. The summed E-state index contributed by atoms with van der Waals surface area (Å²) in [6.07, 6.45) is 0. The van der Waals surface area contributed by atoms with E-state index >= 15 is 0 Å². The van der Waals surface area contributed by atoms with E-state index in [1.165, 1.54) is 23.9 Å². The highest BCUT2D eigenvalue weighted by atomic mass is 32.2. The molecular formula is C17H16N4O3S. The number of para-hydroxylation sites is 1. The standard InChI is InChI=1S/C17H16N4O3S/c1-2-20-16(14-5-3-4-6-15(14)22)18-19-17(20)25-11-12-7-9-13(10-8-12)21(23)24/h3-10,22H,2,11H2,1H3. The Morgan fingerprint density at radius 3 is 2.52 bits per heavy atom. The van der Waals surface area contributed by atoms with E-state index in [1.807, 2.05) is 17.6 Å². The smallest absolute Gasteiger partial charge is 0.269 e. The molecule has 1 aromatic heterocycles. The topological polar surface area (TPSA) is 94.1 Å². The van der Waals surface area contributed by atoms with Gasteiger partial charge in [-0.2, -0.15) is 0 Å². The molecule has 25 heavy (non-hydrogen) atoms. The second kappa shape index (κ2) is 7.35. The number of phenols is 1. The minimum atomic E-state index is -0.413. The van der Waals surface area contributed by atoms with Crippen molar-refractivity contribution in [2.24, 2.45) is 0 Å². The Morgan fingerprint density at radius 2 is 1.88 bits per heavy atom. The molecule has 0 aliphatic carbocycles. The van der Waals surface area contributed by atoms with Gasteiger partial charge < -0.3 is 9.67 Å². The van der Waals surface area contributed by atoms with E-state index in [0.29, 0.717) is 23.7 Å². The number of benzene rings is 2. The lowest BCUT2D eigenvalue weighted by Gasteiger charge is -2.08. The van der Waals surface area contributed by atoms with Crippen LogP contribution in [0.3, 0.4) is 0 Å². The lowest BCUT2D eigenvalue weighted by Crippen LogP contribution is -2.00. The highest BCUT2D eigenvalue weighted by molar-refractivity contribution is 7.98. The van der Waals surface area contributed by atoms with Gasteiger partial charge in [0.15, 0.2) is 11.0 Å². The predicted molar refractivity (Wildman–Crippen MR) is 95.5 cm³/mol. The summed E-state index contributed by atoms with van der Waals surface area (Å²) < 4.78 is 1.94. The number of aromatic hydroxyl groups is 1. The van der Waals surface area contributed by atoms with Gasteiger partial charge >= 0.3 is 0 Å². The van der Waals surface area contributed by atoms with Gasteiger partial charge in [0.1, 0.15) is 5.75 Å². The van der Waals surface area contributed by atoms with Crippen molar-refractivity contribution >= 4 is 17.4 Å². The third-order valence-corrected chi connectivity index (χ3v) is 4.73. The zero-order valence-electron chi connectivity index (χ0n) is 13.5. The summed E-state index contributed by atoms with van der Waals surface area (Å²) in [7, 11) is 0. The van der Waals surface area contributed by atoms with Crippen LogP contribution in [0.15, 0.2) is 53.7 Å². The molecule has 0 aliphatic rings. The van der Waals surface area contributed by atoms with Crippen LogP contribution in [0.25, 0.3) is 11.4 Å². The third kappa shape index (κ3) is 3.63. The normalized spacial score (nSPS) is 10.8. The molecule has 7 nitrogen and oxygen atoms in total. The molecular weight excluding hydrogens is 340 g/mol. The predicted octanol–water partition coefficient (Wildman–Crippen LogP) is 3.87. The molecule has 128 valence electrons. The number of thioether (sulfide) groups is 1. The van der Waals surface area contributed by atoms with Crippen molar-refractivity contribution in [2.75, 3.05) is 0 Å². The average molecular weight is 356 g/mol. The maximum Gasteiger partial charge on any atom is 0.269 e. The van der Waals surface area contributed by atoms with Crippen molar-refractivity contribution in [3.8, 4) is 17.1 Å². The fraction of sp³-hybridized carbons (Fsp3) is 0.176. The molecule has 0 aliphatic heterocycles. The highest BCUT2D eigenvalue weighted by Crippen LogP contribution is 2.31. The first-order valence-electron chi connectivity index (χ1n) is 7.68. The molecule has 0 unspecified atom stereocenters. The zero-order valence-corrected chi connectivity index (χ0v) is 14.3. The molecule has 1 N–H and O–H groups in total. The van der Waals surface area contributed by atoms with Crippen LogP contribution in [0.5, 0.6) is 5.75 Å². The van der Waals surface area contributed by atoms with Crippen LogP contribution in [0.4, 0.5) is 5.69 Å². The minimum Gasteiger partial charge on any atom is -0.507 e. The summed E-state index contributed by atoms with van der Waals surface area (Å²) in [4.78, 5) is 10.3. The fourth-order valence-corrected chi connectivity index (χ4v) is 3.36. The van der Waals surface area contributed by atoms with Gasteiger partial charge in [-0.05, 0) is 24.6 Å². The van der Waals surface area contributed by atoms with E-state index in [4.69, 9.17) is 0 Å². The van der Waals surface area contributed by atoms with Crippen molar-refractivity contribution in [1.82, 2.24) is 14.8 Å². The van der Waals surface area contributed by atoms with E-state index < -0.39 is 4.92 Å². The Bertz CT molecular complexity index is 893. The number of phenolic OH excluding ortho intramolecular Hbond substituents is 1. The van der Waals surface area contributed by atoms with Crippen molar-refractivity contribution in [2.45, 2.75) is 24.4 Å². The first-order chi connectivity index (χ1) is 12.1. The van der Waals surface area contributed by atoms with Gasteiger partial charge in [0, 0.05) is 24.4 Å². The number of hydrogen-bond donors (Lipinski definition) is 1. The number of nitro groups is 1. The second-order valence-electron chi connectivity index (χ2n) is 5.28. The Labute approximate surface area is 148 Å². The Morgan fingerprint density at radius 1 is 1.16 bits per heavy atom. The lowest BCUT2D eigenvalue weighted by molar-refractivity contribution is -0.384. The molecule has 0 bridgehead atoms.